The zero-order valence-corrected chi connectivity index (χ0v) is 9.62. The molecule has 3 nitrogen and oxygen atoms in total. The van der Waals surface area contributed by atoms with Crippen molar-refractivity contribution in [1.29, 1.82) is 0 Å². The van der Waals surface area contributed by atoms with E-state index in [0.29, 0.717) is 18.1 Å². The molecule has 17 heavy (non-hydrogen) atoms. The number of hydrogen-bond acceptors (Lipinski definition) is 3. The summed E-state index contributed by atoms with van der Waals surface area (Å²) in [5.41, 5.74) is 0.403. The molecule has 1 heterocycles. The van der Waals surface area contributed by atoms with Crippen molar-refractivity contribution in [3.05, 3.63) is 35.6 Å². The summed E-state index contributed by atoms with van der Waals surface area (Å²) in [6, 6.07) is 5.42. The molecule has 0 spiro atoms. The molecule has 1 aliphatic heterocycles. The Balaban J connectivity index is 1.82. The van der Waals surface area contributed by atoms with Gasteiger partial charge in [-0.3, -0.25) is 0 Å². The molecule has 1 aliphatic rings. The average Bonchev–Trinajstić information content (AvgIpc) is 2.38. The van der Waals surface area contributed by atoms with Crippen molar-refractivity contribution in [1.82, 2.24) is 5.32 Å². The molecule has 4 heteroatoms. The Hall–Kier alpha value is -1.42. The third kappa shape index (κ3) is 3.53. The van der Waals surface area contributed by atoms with Gasteiger partial charge >= 0.3 is 5.97 Å². The van der Waals surface area contributed by atoms with Crippen molar-refractivity contribution >= 4 is 5.97 Å². The summed E-state index contributed by atoms with van der Waals surface area (Å²) in [4.78, 5) is 11.6. The Morgan fingerprint density at radius 3 is 2.59 bits per heavy atom. The first-order valence-electron chi connectivity index (χ1n) is 5.89. The highest BCUT2D eigenvalue weighted by molar-refractivity contribution is 5.89. The number of rotatable bonds is 3. The van der Waals surface area contributed by atoms with Gasteiger partial charge in [-0.05, 0) is 56.1 Å². The second kappa shape index (κ2) is 5.77. The minimum atomic E-state index is -0.372. The van der Waals surface area contributed by atoms with Crippen LogP contribution in [0, 0.1) is 11.7 Å². The van der Waals surface area contributed by atoms with Gasteiger partial charge in [0, 0.05) is 0 Å². The maximum Gasteiger partial charge on any atom is 0.338 e. The standard InChI is InChI=1S/C13H16FNO2/c14-12-3-1-11(2-4-12)13(16)17-9-10-5-7-15-8-6-10/h1-4,10,15H,5-9H2. The van der Waals surface area contributed by atoms with E-state index >= 15 is 0 Å². The summed E-state index contributed by atoms with van der Waals surface area (Å²) in [7, 11) is 0. The van der Waals surface area contributed by atoms with Gasteiger partial charge in [0.1, 0.15) is 5.82 Å². The Labute approximate surface area is 100.0 Å². The summed E-state index contributed by atoms with van der Waals surface area (Å²) >= 11 is 0. The summed E-state index contributed by atoms with van der Waals surface area (Å²) < 4.78 is 17.9. The Morgan fingerprint density at radius 1 is 1.29 bits per heavy atom. The lowest BCUT2D eigenvalue weighted by Crippen LogP contribution is -2.30. The summed E-state index contributed by atoms with van der Waals surface area (Å²) in [6.45, 7) is 2.43. The normalized spacial score (nSPS) is 16.8. The molecule has 0 amide bonds. The quantitative estimate of drug-likeness (QED) is 0.817. The number of hydrogen-bond donors (Lipinski definition) is 1. The maximum absolute atomic E-state index is 12.7. The van der Waals surface area contributed by atoms with Crippen LogP contribution in [-0.4, -0.2) is 25.7 Å². The molecule has 0 aromatic heterocycles. The van der Waals surface area contributed by atoms with Crippen molar-refractivity contribution in [2.24, 2.45) is 5.92 Å². The average molecular weight is 237 g/mol. The number of esters is 1. The molecule has 1 N–H and O–H groups in total. The fraction of sp³-hybridized carbons (Fsp3) is 0.462. The highest BCUT2D eigenvalue weighted by atomic mass is 19.1. The number of ether oxygens (including phenoxy) is 1. The van der Waals surface area contributed by atoms with Gasteiger partial charge in [-0.15, -0.1) is 0 Å². The molecule has 1 saturated heterocycles. The van der Waals surface area contributed by atoms with E-state index in [1.54, 1.807) is 0 Å². The van der Waals surface area contributed by atoms with Crippen LogP contribution in [0.25, 0.3) is 0 Å². The zero-order chi connectivity index (χ0) is 12.1. The fourth-order valence-corrected chi connectivity index (χ4v) is 1.91. The highest BCUT2D eigenvalue weighted by Gasteiger charge is 2.15. The molecule has 1 aromatic carbocycles. The lowest BCUT2D eigenvalue weighted by Gasteiger charge is -2.22. The number of benzene rings is 1. The fourth-order valence-electron chi connectivity index (χ4n) is 1.91. The van der Waals surface area contributed by atoms with Crippen LogP contribution in [0.1, 0.15) is 23.2 Å². The van der Waals surface area contributed by atoms with Crippen molar-refractivity contribution < 1.29 is 13.9 Å². The third-order valence-corrected chi connectivity index (χ3v) is 2.99. The van der Waals surface area contributed by atoms with Crippen molar-refractivity contribution in [3.8, 4) is 0 Å². The maximum atomic E-state index is 12.7. The zero-order valence-electron chi connectivity index (χ0n) is 9.62. The monoisotopic (exact) mass is 237 g/mol. The van der Waals surface area contributed by atoms with Gasteiger partial charge < -0.3 is 10.1 Å². The van der Waals surface area contributed by atoms with Gasteiger partial charge in [0.15, 0.2) is 0 Å². The largest absolute Gasteiger partial charge is 0.462 e. The second-order valence-electron chi connectivity index (χ2n) is 4.30. The van der Waals surface area contributed by atoms with Crippen LogP contribution in [0.5, 0.6) is 0 Å². The van der Waals surface area contributed by atoms with Crippen molar-refractivity contribution in [2.45, 2.75) is 12.8 Å². The first kappa shape index (κ1) is 12.0. The topological polar surface area (TPSA) is 38.3 Å². The molecule has 0 saturated carbocycles. The lowest BCUT2D eigenvalue weighted by atomic mass is 9.99. The van der Waals surface area contributed by atoms with Crippen molar-refractivity contribution in [2.75, 3.05) is 19.7 Å². The molecule has 0 atom stereocenters. The van der Waals surface area contributed by atoms with Crippen LogP contribution in [0.4, 0.5) is 4.39 Å². The summed E-state index contributed by atoms with van der Waals surface area (Å²) in [5, 5.41) is 3.26. The number of halogens is 1. The van der Waals surface area contributed by atoms with Gasteiger partial charge in [-0.2, -0.15) is 0 Å². The van der Waals surface area contributed by atoms with E-state index in [1.165, 1.54) is 24.3 Å². The Bertz CT molecular complexity index is 372. The van der Waals surface area contributed by atoms with Gasteiger partial charge in [0.2, 0.25) is 0 Å². The number of carbonyl (C=O) groups is 1. The predicted octanol–water partition coefficient (Wildman–Crippen LogP) is 1.98. The molecule has 0 aliphatic carbocycles. The summed E-state index contributed by atoms with van der Waals surface area (Å²) in [5.74, 6) is -0.274. The first-order valence-corrected chi connectivity index (χ1v) is 5.89. The van der Waals surface area contributed by atoms with E-state index in [9.17, 15) is 9.18 Å². The van der Waals surface area contributed by atoms with Crippen LogP contribution in [0.3, 0.4) is 0 Å². The van der Waals surface area contributed by atoms with E-state index in [1.807, 2.05) is 0 Å². The van der Waals surface area contributed by atoms with E-state index in [2.05, 4.69) is 5.32 Å². The van der Waals surface area contributed by atoms with E-state index in [0.717, 1.165) is 25.9 Å². The van der Waals surface area contributed by atoms with Gasteiger partial charge in [0.25, 0.3) is 0 Å². The number of piperidine rings is 1. The van der Waals surface area contributed by atoms with E-state index in [4.69, 9.17) is 4.74 Å². The Kier molecular flexibility index (Phi) is 4.09. The number of carbonyl (C=O) groups excluding carboxylic acids is 1. The minimum Gasteiger partial charge on any atom is -0.462 e. The predicted molar refractivity (Wildman–Crippen MR) is 62.3 cm³/mol. The number of nitrogens with one attached hydrogen (secondary N) is 1. The molecule has 1 aromatic rings. The lowest BCUT2D eigenvalue weighted by molar-refractivity contribution is 0.0416. The highest BCUT2D eigenvalue weighted by Crippen LogP contribution is 2.13. The smallest absolute Gasteiger partial charge is 0.338 e. The van der Waals surface area contributed by atoms with Crippen molar-refractivity contribution in [3.63, 3.8) is 0 Å². The minimum absolute atomic E-state index is 0.347. The molecular formula is C13H16FNO2. The van der Waals surface area contributed by atoms with Gasteiger partial charge in [-0.25, -0.2) is 9.18 Å². The van der Waals surface area contributed by atoms with Gasteiger partial charge in [0.05, 0.1) is 12.2 Å². The van der Waals surface area contributed by atoms with Gasteiger partial charge in [-0.1, -0.05) is 0 Å². The molecule has 0 bridgehead atoms. The third-order valence-electron chi connectivity index (χ3n) is 2.99. The second-order valence-corrected chi connectivity index (χ2v) is 4.30. The van der Waals surface area contributed by atoms with Crippen LogP contribution in [0.15, 0.2) is 24.3 Å². The van der Waals surface area contributed by atoms with Crippen LogP contribution in [0.2, 0.25) is 0 Å². The van der Waals surface area contributed by atoms with Crippen LogP contribution in [-0.2, 0) is 4.74 Å². The van der Waals surface area contributed by atoms with Crippen LogP contribution >= 0.6 is 0 Å². The molecular weight excluding hydrogens is 221 g/mol. The molecule has 2 rings (SSSR count). The van der Waals surface area contributed by atoms with Crippen LogP contribution < -0.4 is 5.32 Å². The van der Waals surface area contributed by atoms with E-state index < -0.39 is 0 Å². The molecule has 1 fully saturated rings. The summed E-state index contributed by atoms with van der Waals surface area (Å²) in [6.07, 6.45) is 2.08. The Morgan fingerprint density at radius 2 is 1.94 bits per heavy atom. The molecule has 92 valence electrons. The SMILES string of the molecule is O=C(OCC1CCNCC1)c1ccc(F)cc1. The van der Waals surface area contributed by atoms with E-state index in [-0.39, 0.29) is 11.8 Å². The first-order chi connectivity index (χ1) is 8.25. The molecule has 0 radical (unpaired) electrons. The molecule has 0 unspecified atom stereocenters.